The van der Waals surface area contributed by atoms with E-state index in [1.54, 1.807) is 11.3 Å². The lowest BCUT2D eigenvalue weighted by atomic mass is 10.1. The van der Waals surface area contributed by atoms with Crippen molar-refractivity contribution in [3.63, 3.8) is 0 Å². The average molecular weight is 353 g/mol. The van der Waals surface area contributed by atoms with Crippen LogP contribution in [-0.2, 0) is 17.8 Å². The second kappa shape index (κ2) is 7.79. The van der Waals surface area contributed by atoms with Crippen LogP contribution in [0.1, 0.15) is 36.5 Å². The van der Waals surface area contributed by atoms with Crippen molar-refractivity contribution in [2.24, 2.45) is 4.99 Å². The van der Waals surface area contributed by atoms with E-state index in [2.05, 4.69) is 54.6 Å². The van der Waals surface area contributed by atoms with Crippen LogP contribution in [0.25, 0.3) is 10.2 Å². The van der Waals surface area contributed by atoms with Crippen LogP contribution in [0.15, 0.2) is 47.5 Å². The molecule has 0 unspecified atom stereocenters. The maximum Gasteiger partial charge on any atom is 0.248 e. The summed E-state index contributed by atoms with van der Waals surface area (Å²) in [5.41, 5.74) is 4.91. The van der Waals surface area contributed by atoms with Gasteiger partial charge in [0.05, 0.1) is 10.2 Å². The van der Waals surface area contributed by atoms with Gasteiger partial charge in [0.15, 0.2) is 4.80 Å². The third-order valence-electron chi connectivity index (χ3n) is 4.44. The molecule has 0 bridgehead atoms. The molecule has 4 heteroatoms. The van der Waals surface area contributed by atoms with Gasteiger partial charge in [-0.1, -0.05) is 48.6 Å². The van der Waals surface area contributed by atoms with Gasteiger partial charge < -0.3 is 4.57 Å². The van der Waals surface area contributed by atoms with Crippen molar-refractivity contribution in [1.82, 2.24) is 4.57 Å². The van der Waals surface area contributed by atoms with E-state index in [1.807, 2.05) is 18.2 Å². The Morgan fingerprint density at radius 1 is 1.12 bits per heavy atom. The first kappa shape index (κ1) is 17.6. The molecule has 0 spiro atoms. The Kier molecular flexibility index (Phi) is 5.49. The molecule has 0 aliphatic carbocycles. The molecule has 0 fully saturated rings. The van der Waals surface area contributed by atoms with Gasteiger partial charge in [0.25, 0.3) is 0 Å². The second-order valence-corrected chi connectivity index (χ2v) is 7.44. The van der Waals surface area contributed by atoms with Crippen molar-refractivity contribution in [3.8, 4) is 0 Å². The van der Waals surface area contributed by atoms with Gasteiger partial charge in [0.2, 0.25) is 5.91 Å². The fraction of sp³-hybridized carbons (Fsp3) is 0.333. The van der Waals surface area contributed by atoms with E-state index in [9.17, 15) is 4.79 Å². The lowest BCUT2D eigenvalue weighted by molar-refractivity contribution is -0.118. The molecule has 1 aromatic heterocycles. The number of benzene rings is 2. The van der Waals surface area contributed by atoms with Crippen LogP contribution in [0.3, 0.4) is 0 Å². The average Bonchev–Trinajstić information content (AvgIpc) is 2.91. The highest BCUT2D eigenvalue weighted by Gasteiger charge is 2.09. The minimum Gasteiger partial charge on any atom is -0.316 e. The Balaban J connectivity index is 1.91. The molecule has 0 saturated carbocycles. The Hall–Kier alpha value is -2.20. The minimum absolute atomic E-state index is 0.0475. The van der Waals surface area contributed by atoms with Crippen LogP contribution in [0, 0.1) is 13.8 Å². The zero-order valence-electron chi connectivity index (χ0n) is 15.1. The maximum atomic E-state index is 12.4. The van der Waals surface area contributed by atoms with Gasteiger partial charge in [-0.15, -0.1) is 0 Å². The molecule has 0 radical (unpaired) electrons. The first-order chi connectivity index (χ1) is 12.1. The van der Waals surface area contributed by atoms with Gasteiger partial charge in [-0.25, -0.2) is 0 Å². The predicted molar refractivity (Wildman–Crippen MR) is 105 cm³/mol. The summed E-state index contributed by atoms with van der Waals surface area (Å²) in [4.78, 5) is 17.6. The number of thiazole rings is 1. The molecule has 0 aliphatic heterocycles. The lowest BCUT2D eigenvalue weighted by Crippen LogP contribution is -2.17. The van der Waals surface area contributed by atoms with Crippen molar-refractivity contribution in [2.45, 2.75) is 46.6 Å². The van der Waals surface area contributed by atoms with E-state index in [-0.39, 0.29) is 5.91 Å². The summed E-state index contributed by atoms with van der Waals surface area (Å²) in [6.07, 6.45) is 2.20. The number of fused-ring (bicyclic) bond motifs is 1. The van der Waals surface area contributed by atoms with Gasteiger partial charge in [0.1, 0.15) is 0 Å². The third kappa shape index (κ3) is 4.07. The lowest BCUT2D eigenvalue weighted by Gasteiger charge is -2.05. The first-order valence-electron chi connectivity index (χ1n) is 8.80. The summed E-state index contributed by atoms with van der Waals surface area (Å²) in [7, 11) is 0. The predicted octanol–water partition coefficient (Wildman–Crippen LogP) is 4.79. The van der Waals surface area contributed by atoms with Crippen molar-refractivity contribution >= 4 is 27.5 Å². The number of carbonyl (C=O) groups excluding carboxylic acids is 1. The van der Waals surface area contributed by atoms with E-state index < -0.39 is 0 Å². The molecule has 3 aromatic rings. The van der Waals surface area contributed by atoms with Crippen molar-refractivity contribution in [1.29, 1.82) is 0 Å². The molecule has 25 heavy (non-hydrogen) atoms. The van der Waals surface area contributed by atoms with Crippen molar-refractivity contribution in [3.05, 3.63) is 64.0 Å². The molecular formula is C21H24N2OS. The molecule has 3 nitrogen and oxygen atoms in total. The SMILES string of the molecule is CCCn1c(=NC(=O)CCc2ccccc2)sc2cc(C)c(C)cc21. The summed E-state index contributed by atoms with van der Waals surface area (Å²) in [5, 5.41) is 0. The quantitative estimate of drug-likeness (QED) is 0.650. The summed E-state index contributed by atoms with van der Waals surface area (Å²) in [6.45, 7) is 7.29. The Bertz CT molecular complexity index is 951. The summed E-state index contributed by atoms with van der Waals surface area (Å²) in [5.74, 6) is -0.0475. The van der Waals surface area contributed by atoms with Gasteiger partial charge >= 0.3 is 0 Å². The summed E-state index contributed by atoms with van der Waals surface area (Å²) < 4.78 is 3.39. The highest BCUT2D eigenvalue weighted by Crippen LogP contribution is 2.22. The number of amides is 1. The Labute approximate surface area is 152 Å². The zero-order valence-corrected chi connectivity index (χ0v) is 15.9. The number of aryl methyl sites for hydroxylation is 4. The highest BCUT2D eigenvalue weighted by atomic mass is 32.1. The Morgan fingerprint density at radius 3 is 2.56 bits per heavy atom. The molecule has 0 atom stereocenters. The number of rotatable bonds is 5. The van der Waals surface area contributed by atoms with Crippen LogP contribution >= 0.6 is 11.3 Å². The van der Waals surface area contributed by atoms with Gasteiger partial charge in [0, 0.05) is 13.0 Å². The molecule has 1 amide bonds. The van der Waals surface area contributed by atoms with Crippen LogP contribution < -0.4 is 4.80 Å². The minimum atomic E-state index is -0.0475. The van der Waals surface area contributed by atoms with E-state index >= 15 is 0 Å². The van der Waals surface area contributed by atoms with Gasteiger partial charge in [-0.3, -0.25) is 4.79 Å². The van der Waals surface area contributed by atoms with Gasteiger partial charge in [-0.05, 0) is 55.5 Å². The smallest absolute Gasteiger partial charge is 0.248 e. The Morgan fingerprint density at radius 2 is 1.84 bits per heavy atom. The maximum absolute atomic E-state index is 12.4. The molecular weight excluding hydrogens is 328 g/mol. The number of aromatic nitrogens is 1. The van der Waals surface area contributed by atoms with Crippen molar-refractivity contribution in [2.75, 3.05) is 0 Å². The van der Waals surface area contributed by atoms with E-state index in [0.29, 0.717) is 6.42 Å². The molecule has 3 rings (SSSR count). The van der Waals surface area contributed by atoms with Crippen LogP contribution in [0.5, 0.6) is 0 Å². The van der Waals surface area contributed by atoms with Gasteiger partial charge in [-0.2, -0.15) is 4.99 Å². The molecule has 130 valence electrons. The zero-order chi connectivity index (χ0) is 17.8. The van der Waals surface area contributed by atoms with Crippen LogP contribution in [-0.4, -0.2) is 10.5 Å². The standard InChI is InChI=1S/C21H24N2OS/c1-4-12-23-18-13-15(2)16(3)14-19(18)25-21(23)22-20(24)11-10-17-8-6-5-7-9-17/h5-9,13-14H,4,10-12H2,1-3H3. The highest BCUT2D eigenvalue weighted by molar-refractivity contribution is 7.16. The fourth-order valence-corrected chi connectivity index (χ4v) is 4.06. The number of nitrogens with zero attached hydrogens (tertiary/aromatic N) is 2. The molecule has 2 aromatic carbocycles. The topological polar surface area (TPSA) is 34.4 Å². The summed E-state index contributed by atoms with van der Waals surface area (Å²) >= 11 is 1.61. The molecule has 0 aliphatic rings. The normalized spacial score (nSPS) is 12.0. The monoisotopic (exact) mass is 352 g/mol. The number of hydrogen-bond donors (Lipinski definition) is 0. The number of hydrogen-bond acceptors (Lipinski definition) is 2. The second-order valence-electron chi connectivity index (χ2n) is 6.43. The van der Waals surface area contributed by atoms with E-state index in [1.165, 1.54) is 26.9 Å². The summed E-state index contributed by atoms with van der Waals surface area (Å²) in [6, 6.07) is 14.5. The number of carbonyl (C=O) groups is 1. The molecule has 0 N–H and O–H groups in total. The van der Waals surface area contributed by atoms with Crippen LogP contribution in [0.4, 0.5) is 0 Å². The van der Waals surface area contributed by atoms with Crippen molar-refractivity contribution < 1.29 is 4.79 Å². The third-order valence-corrected chi connectivity index (χ3v) is 5.48. The molecule has 1 heterocycles. The fourth-order valence-electron chi connectivity index (χ4n) is 2.91. The van der Waals surface area contributed by atoms with Crippen LogP contribution in [0.2, 0.25) is 0 Å². The van der Waals surface area contributed by atoms with E-state index in [4.69, 9.17) is 0 Å². The molecule has 0 saturated heterocycles. The largest absolute Gasteiger partial charge is 0.316 e. The van der Waals surface area contributed by atoms with E-state index in [0.717, 1.165) is 24.2 Å². The first-order valence-corrected chi connectivity index (χ1v) is 9.62.